The molecule has 0 bridgehead atoms. The standard InChI is InChI=1S/C13H21BrN2/c1-4-5-13(2,10-15-3)7-11-6-12(14)9-16-8-11/h6,8-9,15H,4-5,7,10H2,1-3H3. The van der Waals surface area contributed by atoms with E-state index in [1.54, 1.807) is 0 Å². The number of aromatic nitrogens is 1. The number of rotatable bonds is 6. The lowest BCUT2D eigenvalue weighted by atomic mass is 9.80. The zero-order valence-corrected chi connectivity index (χ0v) is 12.0. The summed E-state index contributed by atoms with van der Waals surface area (Å²) < 4.78 is 1.06. The quantitative estimate of drug-likeness (QED) is 0.866. The molecule has 0 aromatic carbocycles. The van der Waals surface area contributed by atoms with E-state index in [1.165, 1.54) is 18.4 Å². The van der Waals surface area contributed by atoms with Gasteiger partial charge in [-0.05, 0) is 52.9 Å². The van der Waals surface area contributed by atoms with Gasteiger partial charge >= 0.3 is 0 Å². The van der Waals surface area contributed by atoms with Crippen molar-refractivity contribution < 1.29 is 0 Å². The third kappa shape index (κ3) is 4.22. The minimum atomic E-state index is 0.325. The Morgan fingerprint density at radius 2 is 2.19 bits per heavy atom. The molecular formula is C13H21BrN2. The van der Waals surface area contributed by atoms with Crippen LogP contribution in [0.3, 0.4) is 0 Å². The van der Waals surface area contributed by atoms with Gasteiger partial charge in [-0.25, -0.2) is 0 Å². The van der Waals surface area contributed by atoms with Crippen LogP contribution in [-0.4, -0.2) is 18.6 Å². The largest absolute Gasteiger partial charge is 0.319 e. The highest BCUT2D eigenvalue weighted by Crippen LogP contribution is 2.28. The second-order valence-electron chi connectivity index (χ2n) is 4.78. The van der Waals surface area contributed by atoms with Gasteiger partial charge < -0.3 is 5.32 Å². The third-order valence-electron chi connectivity index (χ3n) is 2.85. The first-order valence-corrected chi connectivity index (χ1v) is 6.63. The molecule has 1 N–H and O–H groups in total. The third-order valence-corrected chi connectivity index (χ3v) is 3.28. The molecule has 90 valence electrons. The summed E-state index contributed by atoms with van der Waals surface area (Å²) in [6.07, 6.45) is 7.33. The fraction of sp³-hybridized carbons (Fsp3) is 0.615. The Balaban J connectivity index is 2.74. The minimum absolute atomic E-state index is 0.325. The van der Waals surface area contributed by atoms with Gasteiger partial charge in [-0.2, -0.15) is 0 Å². The normalized spacial score (nSPS) is 14.8. The smallest absolute Gasteiger partial charge is 0.0410 e. The van der Waals surface area contributed by atoms with Crippen LogP contribution in [0.4, 0.5) is 0 Å². The molecule has 1 aromatic rings. The highest BCUT2D eigenvalue weighted by molar-refractivity contribution is 9.10. The van der Waals surface area contributed by atoms with Crippen LogP contribution in [0.2, 0.25) is 0 Å². The van der Waals surface area contributed by atoms with Gasteiger partial charge in [-0.15, -0.1) is 0 Å². The maximum atomic E-state index is 4.22. The average molecular weight is 285 g/mol. The lowest BCUT2D eigenvalue weighted by Gasteiger charge is -2.29. The molecule has 1 heterocycles. The van der Waals surface area contributed by atoms with E-state index < -0.39 is 0 Å². The summed E-state index contributed by atoms with van der Waals surface area (Å²) in [4.78, 5) is 4.22. The number of hydrogen-bond acceptors (Lipinski definition) is 2. The van der Waals surface area contributed by atoms with Crippen molar-refractivity contribution in [2.75, 3.05) is 13.6 Å². The Hall–Kier alpha value is -0.410. The van der Waals surface area contributed by atoms with E-state index in [0.29, 0.717) is 5.41 Å². The van der Waals surface area contributed by atoms with E-state index in [-0.39, 0.29) is 0 Å². The summed E-state index contributed by atoms with van der Waals surface area (Å²) in [5, 5.41) is 3.30. The second kappa shape index (κ2) is 6.36. The van der Waals surface area contributed by atoms with Crippen molar-refractivity contribution in [3.8, 4) is 0 Å². The fourth-order valence-corrected chi connectivity index (χ4v) is 2.73. The summed E-state index contributed by atoms with van der Waals surface area (Å²) in [6, 6.07) is 2.16. The summed E-state index contributed by atoms with van der Waals surface area (Å²) in [5.41, 5.74) is 1.63. The van der Waals surface area contributed by atoms with Crippen LogP contribution < -0.4 is 5.32 Å². The topological polar surface area (TPSA) is 24.9 Å². The molecule has 0 radical (unpaired) electrons. The maximum Gasteiger partial charge on any atom is 0.0410 e. The van der Waals surface area contributed by atoms with Crippen LogP contribution in [0, 0.1) is 5.41 Å². The van der Waals surface area contributed by atoms with Crippen LogP contribution in [0.25, 0.3) is 0 Å². The van der Waals surface area contributed by atoms with E-state index in [9.17, 15) is 0 Å². The number of hydrogen-bond donors (Lipinski definition) is 1. The number of halogens is 1. The molecule has 0 amide bonds. The Morgan fingerprint density at radius 3 is 2.75 bits per heavy atom. The van der Waals surface area contributed by atoms with Crippen LogP contribution >= 0.6 is 15.9 Å². The van der Waals surface area contributed by atoms with Crippen molar-refractivity contribution >= 4 is 15.9 Å². The molecule has 1 unspecified atom stereocenters. The van der Waals surface area contributed by atoms with E-state index in [4.69, 9.17) is 0 Å². The molecule has 0 aliphatic rings. The van der Waals surface area contributed by atoms with Gasteiger partial charge in [0.2, 0.25) is 0 Å². The molecule has 2 nitrogen and oxygen atoms in total. The molecule has 3 heteroatoms. The molecule has 0 fully saturated rings. The average Bonchev–Trinajstić information content (AvgIpc) is 2.17. The van der Waals surface area contributed by atoms with Gasteiger partial charge in [0.05, 0.1) is 0 Å². The summed E-state index contributed by atoms with van der Waals surface area (Å²) >= 11 is 3.47. The van der Waals surface area contributed by atoms with E-state index >= 15 is 0 Å². The molecule has 0 saturated heterocycles. The number of nitrogens with zero attached hydrogens (tertiary/aromatic N) is 1. The van der Waals surface area contributed by atoms with Crippen molar-refractivity contribution in [3.05, 3.63) is 28.5 Å². The zero-order chi connectivity index (χ0) is 12.0. The van der Waals surface area contributed by atoms with Gasteiger partial charge in [0.1, 0.15) is 0 Å². The Labute approximate surface area is 107 Å². The molecule has 1 aromatic heterocycles. The SMILES string of the molecule is CCCC(C)(CNC)Cc1cncc(Br)c1. The monoisotopic (exact) mass is 284 g/mol. The second-order valence-corrected chi connectivity index (χ2v) is 5.69. The highest BCUT2D eigenvalue weighted by atomic mass is 79.9. The predicted molar refractivity (Wildman–Crippen MR) is 72.6 cm³/mol. The molecule has 1 atom stereocenters. The van der Waals surface area contributed by atoms with Crippen LogP contribution in [0.15, 0.2) is 22.9 Å². The minimum Gasteiger partial charge on any atom is -0.319 e. The van der Waals surface area contributed by atoms with Crippen molar-refractivity contribution in [1.29, 1.82) is 0 Å². The number of pyridine rings is 1. The van der Waals surface area contributed by atoms with Crippen LogP contribution in [0.5, 0.6) is 0 Å². The lowest BCUT2D eigenvalue weighted by Crippen LogP contribution is -2.31. The van der Waals surface area contributed by atoms with Gasteiger partial charge in [0, 0.05) is 23.4 Å². The van der Waals surface area contributed by atoms with Crippen molar-refractivity contribution in [2.45, 2.75) is 33.1 Å². The maximum absolute atomic E-state index is 4.22. The lowest BCUT2D eigenvalue weighted by molar-refractivity contribution is 0.282. The summed E-state index contributed by atoms with van der Waals surface area (Å²) in [7, 11) is 2.02. The van der Waals surface area contributed by atoms with E-state index in [1.807, 2.05) is 19.4 Å². The Bertz CT molecular complexity index is 319. The molecule has 16 heavy (non-hydrogen) atoms. The van der Waals surface area contributed by atoms with Crippen LogP contribution in [-0.2, 0) is 6.42 Å². The molecule has 0 spiro atoms. The molecule has 0 saturated carbocycles. The molecule has 0 aliphatic heterocycles. The van der Waals surface area contributed by atoms with E-state index in [0.717, 1.165) is 17.4 Å². The Morgan fingerprint density at radius 1 is 1.44 bits per heavy atom. The summed E-state index contributed by atoms with van der Waals surface area (Å²) in [6.45, 7) is 5.63. The molecular weight excluding hydrogens is 264 g/mol. The predicted octanol–water partition coefficient (Wildman–Crippen LogP) is 3.41. The van der Waals surface area contributed by atoms with Gasteiger partial charge in [0.15, 0.2) is 0 Å². The van der Waals surface area contributed by atoms with Gasteiger partial charge in [-0.1, -0.05) is 20.3 Å². The first kappa shape index (κ1) is 13.7. The first-order valence-electron chi connectivity index (χ1n) is 5.83. The zero-order valence-electron chi connectivity index (χ0n) is 10.4. The highest BCUT2D eigenvalue weighted by Gasteiger charge is 2.23. The fourth-order valence-electron chi connectivity index (χ4n) is 2.31. The van der Waals surface area contributed by atoms with Gasteiger partial charge in [-0.3, -0.25) is 4.98 Å². The number of nitrogens with one attached hydrogen (secondary N) is 1. The summed E-state index contributed by atoms with van der Waals surface area (Å²) in [5.74, 6) is 0. The van der Waals surface area contributed by atoms with Crippen molar-refractivity contribution in [3.63, 3.8) is 0 Å². The van der Waals surface area contributed by atoms with Crippen LogP contribution in [0.1, 0.15) is 32.3 Å². The van der Waals surface area contributed by atoms with Crippen molar-refractivity contribution in [2.24, 2.45) is 5.41 Å². The Kier molecular flexibility index (Phi) is 5.42. The van der Waals surface area contributed by atoms with Gasteiger partial charge in [0.25, 0.3) is 0 Å². The molecule has 1 rings (SSSR count). The van der Waals surface area contributed by atoms with Crippen molar-refractivity contribution in [1.82, 2.24) is 10.3 Å². The molecule has 0 aliphatic carbocycles. The first-order chi connectivity index (χ1) is 7.59. The van der Waals surface area contributed by atoms with E-state index in [2.05, 4.69) is 46.1 Å².